The number of aromatic carboxylic acids is 1. The Morgan fingerprint density at radius 3 is 2.44 bits per heavy atom. The molecule has 0 aromatic heterocycles. The van der Waals surface area contributed by atoms with Crippen molar-refractivity contribution in [3.63, 3.8) is 0 Å². The highest BCUT2D eigenvalue weighted by Gasteiger charge is 2.19. The normalized spacial score (nSPS) is 14.4. The Hall–Kier alpha value is -1.30. The molecule has 1 aromatic carbocycles. The van der Waals surface area contributed by atoms with E-state index in [4.69, 9.17) is 16.7 Å². The molecule has 0 spiro atoms. The molecule has 0 saturated heterocycles. The Kier molecular flexibility index (Phi) is 4.12. The van der Waals surface area contributed by atoms with Crippen LogP contribution in [0.2, 0.25) is 0 Å². The molecule has 5 nitrogen and oxygen atoms in total. The fourth-order valence-electron chi connectivity index (χ4n) is 1.22. The molecule has 0 aliphatic heterocycles. The van der Waals surface area contributed by atoms with Gasteiger partial charge in [-0.25, -0.2) is 4.79 Å². The lowest BCUT2D eigenvalue weighted by Gasteiger charge is -2.16. The zero-order valence-corrected chi connectivity index (χ0v) is 8.92. The van der Waals surface area contributed by atoms with Crippen LogP contribution in [0.5, 0.6) is 5.75 Å². The van der Waals surface area contributed by atoms with Crippen LogP contribution in [0.3, 0.4) is 0 Å². The van der Waals surface area contributed by atoms with Crippen LogP contribution in [0.25, 0.3) is 0 Å². The molecule has 0 aliphatic rings. The number of phenols is 1. The fourth-order valence-corrected chi connectivity index (χ4v) is 1.39. The highest BCUT2D eigenvalue weighted by molar-refractivity contribution is 6.18. The van der Waals surface area contributed by atoms with Crippen LogP contribution in [-0.2, 0) is 0 Å². The number of rotatable bonds is 4. The highest BCUT2D eigenvalue weighted by atomic mass is 35.5. The molecule has 0 heterocycles. The summed E-state index contributed by atoms with van der Waals surface area (Å²) in [5, 5.41) is 36.8. The molecule has 0 radical (unpaired) electrons. The number of aromatic hydroxyl groups is 1. The summed E-state index contributed by atoms with van der Waals surface area (Å²) in [6.07, 6.45) is -2.43. The maximum atomic E-state index is 10.6. The summed E-state index contributed by atoms with van der Waals surface area (Å²) in [7, 11) is 0. The topological polar surface area (TPSA) is 98.0 Å². The minimum Gasteiger partial charge on any atom is -0.507 e. The van der Waals surface area contributed by atoms with E-state index in [1.807, 2.05) is 0 Å². The van der Waals surface area contributed by atoms with Gasteiger partial charge < -0.3 is 20.4 Å². The van der Waals surface area contributed by atoms with Crippen molar-refractivity contribution >= 4 is 17.6 Å². The molecule has 0 fully saturated rings. The molecule has 0 amide bonds. The van der Waals surface area contributed by atoms with Gasteiger partial charge in [0.15, 0.2) is 0 Å². The number of carboxylic acids is 1. The third kappa shape index (κ3) is 2.63. The van der Waals surface area contributed by atoms with Gasteiger partial charge in [-0.15, -0.1) is 11.6 Å². The highest BCUT2D eigenvalue weighted by Crippen LogP contribution is 2.25. The minimum absolute atomic E-state index is 0.164. The second kappa shape index (κ2) is 5.16. The van der Waals surface area contributed by atoms with Crippen molar-refractivity contribution in [3.05, 3.63) is 29.3 Å². The molecular weight excluding hydrogens is 236 g/mol. The lowest BCUT2D eigenvalue weighted by Crippen LogP contribution is -2.19. The molecule has 2 unspecified atom stereocenters. The summed E-state index contributed by atoms with van der Waals surface area (Å²) < 4.78 is 0. The second-order valence-corrected chi connectivity index (χ2v) is 3.56. The standard InChI is InChI=1S/C10H11ClO5/c11-4-8(13)9(14)5-1-2-6(10(15)16)7(12)3-5/h1-3,8-9,12-14H,4H2,(H,15,16). The average Bonchev–Trinajstić information content (AvgIpc) is 2.26. The zero-order valence-electron chi connectivity index (χ0n) is 8.17. The molecule has 0 aliphatic carbocycles. The van der Waals surface area contributed by atoms with Gasteiger partial charge in [0.25, 0.3) is 0 Å². The average molecular weight is 247 g/mol. The fraction of sp³-hybridized carbons (Fsp3) is 0.300. The van der Waals surface area contributed by atoms with Gasteiger partial charge in [0.1, 0.15) is 17.4 Å². The maximum Gasteiger partial charge on any atom is 0.339 e. The molecular formula is C10H11ClO5. The molecule has 1 aromatic rings. The number of benzene rings is 1. The molecule has 2 atom stereocenters. The van der Waals surface area contributed by atoms with Gasteiger partial charge in [-0.1, -0.05) is 6.07 Å². The van der Waals surface area contributed by atoms with E-state index in [0.717, 1.165) is 12.1 Å². The smallest absolute Gasteiger partial charge is 0.339 e. The number of carboxylic acid groups (broad SMARTS) is 1. The number of aliphatic hydroxyl groups is 2. The first-order valence-corrected chi connectivity index (χ1v) is 4.99. The number of alkyl halides is 1. The Morgan fingerprint density at radius 1 is 1.38 bits per heavy atom. The van der Waals surface area contributed by atoms with Crippen LogP contribution in [-0.4, -0.2) is 38.4 Å². The lowest BCUT2D eigenvalue weighted by atomic mass is 10.0. The van der Waals surface area contributed by atoms with E-state index in [9.17, 15) is 20.1 Å². The lowest BCUT2D eigenvalue weighted by molar-refractivity contribution is 0.0326. The third-order valence-corrected chi connectivity index (χ3v) is 2.43. The van der Waals surface area contributed by atoms with Gasteiger partial charge in [0.2, 0.25) is 0 Å². The van der Waals surface area contributed by atoms with Crippen molar-refractivity contribution in [3.8, 4) is 5.75 Å². The SMILES string of the molecule is O=C(O)c1ccc(C(O)C(O)CCl)cc1O. The Labute approximate surface area is 96.5 Å². The molecule has 0 bridgehead atoms. The summed E-state index contributed by atoms with van der Waals surface area (Å²) in [5.41, 5.74) is -0.0630. The van der Waals surface area contributed by atoms with Gasteiger partial charge in [-0.05, 0) is 17.7 Å². The first-order valence-electron chi connectivity index (χ1n) is 4.45. The van der Waals surface area contributed by atoms with E-state index in [-0.39, 0.29) is 17.0 Å². The van der Waals surface area contributed by atoms with Gasteiger partial charge in [-0.2, -0.15) is 0 Å². The van der Waals surface area contributed by atoms with Crippen molar-refractivity contribution in [2.45, 2.75) is 12.2 Å². The molecule has 0 saturated carbocycles. The van der Waals surface area contributed by atoms with Crippen molar-refractivity contribution < 1.29 is 25.2 Å². The third-order valence-electron chi connectivity index (χ3n) is 2.12. The maximum absolute atomic E-state index is 10.6. The molecule has 88 valence electrons. The molecule has 4 N–H and O–H groups in total. The van der Waals surface area contributed by atoms with Crippen LogP contribution in [0.1, 0.15) is 22.0 Å². The van der Waals surface area contributed by atoms with E-state index >= 15 is 0 Å². The second-order valence-electron chi connectivity index (χ2n) is 3.25. The van der Waals surface area contributed by atoms with Crippen LogP contribution in [0.15, 0.2) is 18.2 Å². The predicted octanol–water partition coefficient (Wildman–Crippen LogP) is 0.723. The van der Waals surface area contributed by atoms with Crippen LogP contribution >= 0.6 is 11.6 Å². The number of carbonyl (C=O) groups is 1. The largest absolute Gasteiger partial charge is 0.507 e. The van der Waals surface area contributed by atoms with E-state index in [2.05, 4.69) is 0 Å². The molecule has 6 heteroatoms. The van der Waals surface area contributed by atoms with Crippen molar-refractivity contribution in [1.29, 1.82) is 0 Å². The number of aliphatic hydroxyl groups excluding tert-OH is 2. The van der Waals surface area contributed by atoms with Crippen LogP contribution in [0.4, 0.5) is 0 Å². The minimum atomic E-state index is -1.27. The number of hydrogen-bond acceptors (Lipinski definition) is 4. The first kappa shape index (κ1) is 12.8. The predicted molar refractivity (Wildman–Crippen MR) is 56.8 cm³/mol. The Bertz CT molecular complexity index is 393. The zero-order chi connectivity index (χ0) is 12.3. The van der Waals surface area contributed by atoms with E-state index < -0.39 is 23.9 Å². The van der Waals surface area contributed by atoms with E-state index in [1.165, 1.54) is 6.07 Å². The number of halogens is 1. The first-order chi connectivity index (χ1) is 7.47. The summed E-state index contributed by atoms with van der Waals surface area (Å²) in [6.45, 7) is 0. The summed E-state index contributed by atoms with van der Waals surface area (Å²) in [5.74, 6) is -1.90. The quantitative estimate of drug-likeness (QED) is 0.587. The summed E-state index contributed by atoms with van der Waals surface area (Å²) in [6, 6.07) is 3.55. The van der Waals surface area contributed by atoms with Gasteiger partial charge in [0, 0.05) is 0 Å². The Balaban J connectivity index is 3.01. The Morgan fingerprint density at radius 2 is 2.00 bits per heavy atom. The van der Waals surface area contributed by atoms with Gasteiger partial charge >= 0.3 is 5.97 Å². The summed E-state index contributed by atoms with van der Waals surface area (Å²) >= 11 is 5.35. The monoisotopic (exact) mass is 246 g/mol. The molecule has 16 heavy (non-hydrogen) atoms. The van der Waals surface area contributed by atoms with Crippen molar-refractivity contribution in [2.24, 2.45) is 0 Å². The summed E-state index contributed by atoms with van der Waals surface area (Å²) in [4.78, 5) is 10.6. The van der Waals surface area contributed by atoms with Gasteiger partial charge in [0.05, 0.1) is 12.0 Å². The number of hydrogen-bond donors (Lipinski definition) is 4. The van der Waals surface area contributed by atoms with E-state index in [1.54, 1.807) is 0 Å². The van der Waals surface area contributed by atoms with Crippen LogP contribution < -0.4 is 0 Å². The molecule has 1 rings (SSSR count). The van der Waals surface area contributed by atoms with Gasteiger partial charge in [-0.3, -0.25) is 0 Å². The van der Waals surface area contributed by atoms with E-state index in [0.29, 0.717) is 0 Å². The van der Waals surface area contributed by atoms with Crippen LogP contribution in [0, 0.1) is 0 Å². The van der Waals surface area contributed by atoms with Crippen molar-refractivity contribution in [1.82, 2.24) is 0 Å². The van der Waals surface area contributed by atoms with Crippen molar-refractivity contribution in [2.75, 3.05) is 5.88 Å².